The van der Waals surface area contributed by atoms with Crippen LogP contribution in [0.4, 0.5) is 4.39 Å². The summed E-state index contributed by atoms with van der Waals surface area (Å²) in [5.74, 6) is -2.14. The molecule has 0 aliphatic rings. The quantitative estimate of drug-likeness (QED) is 0.339. The number of hydrogen-bond acceptors (Lipinski definition) is 6. The molecule has 200 valence electrons. The highest BCUT2D eigenvalue weighted by Crippen LogP contribution is 2.15. The molecule has 9 nitrogen and oxygen atoms in total. The fourth-order valence-electron chi connectivity index (χ4n) is 3.17. The Morgan fingerprint density at radius 1 is 1.08 bits per heavy atom. The predicted molar refractivity (Wildman–Crippen MR) is 135 cm³/mol. The molecule has 2 rings (SSSR count). The molecule has 0 aliphatic heterocycles. The highest BCUT2D eigenvalue weighted by molar-refractivity contribution is 5.93. The largest absolute Gasteiger partial charge is 0.491 e. The smallest absolute Gasteiger partial charge is 0.246 e. The number of aldehydes is 1. The molecule has 2 aromatic carbocycles. The number of aliphatic hydroxyl groups excluding tert-OH is 1. The molecule has 0 heterocycles. The molecule has 0 saturated carbocycles. The molecule has 0 radical (unpaired) electrons. The van der Waals surface area contributed by atoms with Crippen LogP contribution < -0.4 is 20.7 Å². The van der Waals surface area contributed by atoms with Crippen molar-refractivity contribution in [2.75, 3.05) is 6.61 Å². The average molecular weight is 516 g/mol. The lowest BCUT2D eigenvalue weighted by Gasteiger charge is -2.27. The lowest BCUT2D eigenvalue weighted by molar-refractivity contribution is -0.137. The maximum absolute atomic E-state index is 14.2. The number of ether oxygens (including phenoxy) is 1. The summed E-state index contributed by atoms with van der Waals surface area (Å²) >= 11 is 0. The van der Waals surface area contributed by atoms with Gasteiger partial charge >= 0.3 is 0 Å². The van der Waals surface area contributed by atoms with E-state index in [1.807, 2.05) is 0 Å². The molecule has 10 heteroatoms. The minimum Gasteiger partial charge on any atom is -0.491 e. The maximum atomic E-state index is 14.2. The molecular weight excluding hydrogens is 481 g/mol. The zero-order valence-corrected chi connectivity index (χ0v) is 21.6. The topological polar surface area (TPSA) is 134 Å². The third kappa shape index (κ3) is 8.98. The third-order valence-electron chi connectivity index (χ3n) is 5.44. The predicted octanol–water partition coefficient (Wildman–Crippen LogP) is 2.04. The van der Waals surface area contributed by atoms with Crippen LogP contribution in [0, 0.1) is 18.2 Å². The number of aliphatic hydroxyl groups is 1. The van der Waals surface area contributed by atoms with Gasteiger partial charge in [-0.3, -0.25) is 19.2 Å². The van der Waals surface area contributed by atoms with Crippen LogP contribution in [0.2, 0.25) is 0 Å². The SMILES string of the molecule is Cc1ccc(CNC(=O)C(COc2cccc(C=O)c2)NC(=O)[C@@H](NC(=O)C(C)(C)C)[C@@H](C)O)c(F)c1. The molecule has 2 aromatic rings. The molecule has 0 aliphatic carbocycles. The number of hydrogen-bond donors (Lipinski definition) is 4. The Bertz CT molecular complexity index is 1130. The van der Waals surface area contributed by atoms with E-state index in [0.29, 0.717) is 11.8 Å². The van der Waals surface area contributed by atoms with E-state index in [9.17, 15) is 28.7 Å². The van der Waals surface area contributed by atoms with Crippen molar-refractivity contribution in [2.24, 2.45) is 5.41 Å². The van der Waals surface area contributed by atoms with Crippen molar-refractivity contribution >= 4 is 24.0 Å². The first-order valence-corrected chi connectivity index (χ1v) is 11.8. The van der Waals surface area contributed by atoms with E-state index in [4.69, 9.17) is 4.74 Å². The van der Waals surface area contributed by atoms with Crippen LogP contribution in [0.1, 0.15) is 49.2 Å². The number of carbonyl (C=O) groups is 4. The van der Waals surface area contributed by atoms with Crippen molar-refractivity contribution in [2.45, 2.75) is 59.4 Å². The Labute approximate surface area is 215 Å². The van der Waals surface area contributed by atoms with Crippen LogP contribution in [0.3, 0.4) is 0 Å². The second-order valence-corrected chi connectivity index (χ2v) is 9.82. The van der Waals surface area contributed by atoms with E-state index in [0.717, 1.165) is 5.56 Å². The van der Waals surface area contributed by atoms with Crippen LogP contribution >= 0.6 is 0 Å². The number of halogens is 1. The third-order valence-corrected chi connectivity index (χ3v) is 5.44. The molecule has 0 fully saturated rings. The number of rotatable bonds is 11. The number of amides is 3. The van der Waals surface area contributed by atoms with Gasteiger partial charge in [-0.1, -0.05) is 45.0 Å². The molecule has 0 spiro atoms. The standard InChI is InChI=1S/C27H34FN3O6/c1-16-9-10-19(21(28)11-16)13-29-24(34)22(15-37-20-8-6-7-18(12-20)14-32)30-25(35)23(17(2)33)31-26(36)27(3,4)5/h6-12,14,17,22-23,33H,13,15H2,1-5H3,(H,29,34)(H,30,35)(H,31,36)/t17-,22?,23+/m1/s1. The summed E-state index contributed by atoms with van der Waals surface area (Å²) in [6, 6.07) is 8.20. The molecule has 0 bridgehead atoms. The Kier molecular flexibility index (Phi) is 10.3. The lowest BCUT2D eigenvalue weighted by Crippen LogP contribution is -2.59. The van der Waals surface area contributed by atoms with Crippen molar-refractivity contribution in [3.63, 3.8) is 0 Å². The van der Waals surface area contributed by atoms with Gasteiger partial charge in [0.15, 0.2) is 0 Å². The fourth-order valence-corrected chi connectivity index (χ4v) is 3.17. The normalized spacial score (nSPS) is 13.6. The molecule has 37 heavy (non-hydrogen) atoms. The summed E-state index contributed by atoms with van der Waals surface area (Å²) in [4.78, 5) is 49.5. The van der Waals surface area contributed by atoms with Crippen LogP contribution in [0.15, 0.2) is 42.5 Å². The number of aryl methyl sites for hydroxylation is 1. The first-order chi connectivity index (χ1) is 17.3. The van der Waals surface area contributed by atoms with Crippen LogP contribution in [0.5, 0.6) is 5.75 Å². The van der Waals surface area contributed by atoms with Crippen molar-refractivity contribution in [1.29, 1.82) is 0 Å². The van der Waals surface area contributed by atoms with Gasteiger partial charge in [-0.15, -0.1) is 0 Å². The Morgan fingerprint density at radius 2 is 1.78 bits per heavy atom. The second-order valence-electron chi connectivity index (χ2n) is 9.82. The lowest BCUT2D eigenvalue weighted by atomic mass is 9.94. The summed E-state index contributed by atoms with van der Waals surface area (Å²) in [5.41, 5.74) is 0.513. The van der Waals surface area contributed by atoms with Gasteiger partial charge in [0.1, 0.15) is 36.5 Å². The van der Waals surface area contributed by atoms with Gasteiger partial charge in [0.25, 0.3) is 0 Å². The number of carbonyl (C=O) groups excluding carboxylic acids is 4. The number of benzene rings is 2. The Morgan fingerprint density at radius 3 is 2.38 bits per heavy atom. The summed E-state index contributed by atoms with van der Waals surface area (Å²) in [7, 11) is 0. The monoisotopic (exact) mass is 515 g/mol. The Hall–Kier alpha value is -3.79. The highest BCUT2D eigenvalue weighted by atomic mass is 19.1. The van der Waals surface area contributed by atoms with Gasteiger partial charge in [-0.2, -0.15) is 0 Å². The molecule has 0 aromatic heterocycles. The first kappa shape index (κ1) is 29.4. The molecule has 0 saturated heterocycles. The molecule has 3 atom stereocenters. The van der Waals surface area contributed by atoms with Crippen molar-refractivity contribution in [3.8, 4) is 5.75 Å². The van der Waals surface area contributed by atoms with Crippen molar-refractivity contribution in [1.82, 2.24) is 16.0 Å². The molecular formula is C27H34FN3O6. The van der Waals surface area contributed by atoms with Gasteiger partial charge in [0.2, 0.25) is 17.7 Å². The minimum atomic E-state index is -1.34. The van der Waals surface area contributed by atoms with E-state index in [1.54, 1.807) is 58.0 Å². The zero-order chi connectivity index (χ0) is 27.8. The van der Waals surface area contributed by atoms with E-state index in [-0.39, 0.29) is 24.5 Å². The summed E-state index contributed by atoms with van der Waals surface area (Å²) in [6.07, 6.45) is -0.623. The molecule has 1 unspecified atom stereocenters. The van der Waals surface area contributed by atoms with Gasteiger partial charge in [-0.05, 0) is 37.6 Å². The molecule has 4 N–H and O–H groups in total. The molecule has 3 amide bonds. The van der Waals surface area contributed by atoms with Crippen LogP contribution in [0.25, 0.3) is 0 Å². The van der Waals surface area contributed by atoms with E-state index in [1.165, 1.54) is 19.1 Å². The summed E-state index contributed by atoms with van der Waals surface area (Å²) < 4.78 is 19.9. The fraction of sp³-hybridized carbons (Fsp3) is 0.407. The van der Waals surface area contributed by atoms with E-state index >= 15 is 0 Å². The maximum Gasteiger partial charge on any atom is 0.246 e. The van der Waals surface area contributed by atoms with Crippen LogP contribution in [-0.4, -0.2) is 53.9 Å². The number of nitrogens with one attached hydrogen (secondary N) is 3. The Balaban J connectivity index is 2.20. The van der Waals surface area contributed by atoms with Gasteiger partial charge in [0.05, 0.1) is 6.10 Å². The second kappa shape index (κ2) is 13.0. The average Bonchev–Trinajstić information content (AvgIpc) is 2.83. The van der Waals surface area contributed by atoms with E-state index in [2.05, 4.69) is 16.0 Å². The first-order valence-electron chi connectivity index (χ1n) is 11.8. The van der Waals surface area contributed by atoms with Crippen LogP contribution in [-0.2, 0) is 20.9 Å². The minimum absolute atomic E-state index is 0.140. The van der Waals surface area contributed by atoms with E-state index < -0.39 is 47.1 Å². The van der Waals surface area contributed by atoms with Gasteiger partial charge in [-0.25, -0.2) is 4.39 Å². The summed E-state index contributed by atoms with van der Waals surface area (Å²) in [5, 5.41) is 17.7. The zero-order valence-electron chi connectivity index (χ0n) is 21.6. The summed E-state index contributed by atoms with van der Waals surface area (Å²) in [6.45, 7) is 7.56. The van der Waals surface area contributed by atoms with Crippen molar-refractivity contribution < 1.29 is 33.4 Å². The van der Waals surface area contributed by atoms with Gasteiger partial charge < -0.3 is 25.8 Å². The highest BCUT2D eigenvalue weighted by Gasteiger charge is 2.33. The van der Waals surface area contributed by atoms with Crippen molar-refractivity contribution in [3.05, 3.63) is 65.0 Å². The van der Waals surface area contributed by atoms with Gasteiger partial charge in [0, 0.05) is 23.1 Å².